The topological polar surface area (TPSA) is 28.2 Å². The van der Waals surface area contributed by atoms with Crippen molar-refractivity contribution in [1.29, 1.82) is 0 Å². The molecule has 3 nitrogen and oxygen atoms in total. The van der Waals surface area contributed by atoms with Crippen molar-refractivity contribution >= 4 is 11.5 Å². The van der Waals surface area contributed by atoms with Gasteiger partial charge >= 0.3 is 0 Å². The van der Waals surface area contributed by atoms with Gasteiger partial charge in [0.2, 0.25) is 0 Å². The van der Waals surface area contributed by atoms with Gasteiger partial charge in [-0.3, -0.25) is 0 Å². The number of anilines is 2. The van der Waals surface area contributed by atoms with Crippen molar-refractivity contribution in [2.45, 2.75) is 33.2 Å². The highest BCUT2D eigenvalue weighted by molar-refractivity contribution is 5.67. The molecule has 0 radical (unpaired) electrons. The second-order valence-electron chi connectivity index (χ2n) is 5.65. The zero-order valence-corrected chi connectivity index (χ0v) is 12.9. The number of fused-ring (bicyclic) bond motifs is 1. The normalized spacial score (nSPS) is 14.1. The standard InChI is InChI=1S/C18H23N3/c1-3-19-12-15-11-14(2)18(20-13-15)21-10-6-8-16-7-4-5-9-17(16)21/h4-5,7,9,11,13,19H,3,6,8,10,12H2,1-2H3. The van der Waals surface area contributed by atoms with Crippen molar-refractivity contribution in [1.82, 2.24) is 10.3 Å². The van der Waals surface area contributed by atoms with E-state index in [1.807, 2.05) is 6.20 Å². The molecule has 2 aromatic rings. The molecular formula is C18H23N3. The van der Waals surface area contributed by atoms with Crippen molar-refractivity contribution in [2.24, 2.45) is 0 Å². The maximum absolute atomic E-state index is 4.74. The minimum atomic E-state index is 0.890. The van der Waals surface area contributed by atoms with Gasteiger partial charge < -0.3 is 10.2 Å². The fraction of sp³-hybridized carbons (Fsp3) is 0.389. The summed E-state index contributed by atoms with van der Waals surface area (Å²) in [5, 5.41) is 3.35. The van der Waals surface area contributed by atoms with Gasteiger partial charge in [0.25, 0.3) is 0 Å². The van der Waals surface area contributed by atoms with Crippen LogP contribution in [0.15, 0.2) is 36.5 Å². The average molecular weight is 281 g/mol. The second kappa shape index (κ2) is 6.27. The van der Waals surface area contributed by atoms with Crippen molar-refractivity contribution in [3.05, 3.63) is 53.2 Å². The molecule has 0 atom stereocenters. The summed E-state index contributed by atoms with van der Waals surface area (Å²) in [4.78, 5) is 7.11. The molecule has 0 bridgehead atoms. The van der Waals surface area contributed by atoms with E-state index in [1.165, 1.54) is 35.2 Å². The van der Waals surface area contributed by atoms with Crippen LogP contribution in [0.5, 0.6) is 0 Å². The van der Waals surface area contributed by atoms with Crippen LogP contribution in [-0.2, 0) is 13.0 Å². The summed E-state index contributed by atoms with van der Waals surface area (Å²) in [5.74, 6) is 1.10. The van der Waals surface area contributed by atoms with Crippen molar-refractivity contribution in [2.75, 3.05) is 18.0 Å². The molecule has 1 aliphatic heterocycles. The number of hydrogen-bond acceptors (Lipinski definition) is 3. The zero-order chi connectivity index (χ0) is 14.7. The molecule has 21 heavy (non-hydrogen) atoms. The van der Waals surface area contributed by atoms with E-state index < -0.39 is 0 Å². The van der Waals surface area contributed by atoms with Crippen LogP contribution < -0.4 is 10.2 Å². The molecule has 0 aliphatic carbocycles. The molecule has 0 saturated carbocycles. The van der Waals surface area contributed by atoms with Crippen LogP contribution in [0.1, 0.15) is 30.0 Å². The Kier molecular flexibility index (Phi) is 4.20. The van der Waals surface area contributed by atoms with E-state index in [-0.39, 0.29) is 0 Å². The third kappa shape index (κ3) is 2.93. The number of rotatable bonds is 4. The van der Waals surface area contributed by atoms with E-state index in [4.69, 9.17) is 4.98 Å². The molecule has 2 heterocycles. The van der Waals surface area contributed by atoms with Crippen LogP contribution in [0.3, 0.4) is 0 Å². The van der Waals surface area contributed by atoms with E-state index in [1.54, 1.807) is 0 Å². The molecule has 3 rings (SSSR count). The molecule has 1 N–H and O–H groups in total. The lowest BCUT2D eigenvalue weighted by atomic mass is 10.0. The predicted molar refractivity (Wildman–Crippen MR) is 88.1 cm³/mol. The minimum absolute atomic E-state index is 0.890. The second-order valence-corrected chi connectivity index (χ2v) is 5.65. The van der Waals surface area contributed by atoms with Crippen LogP contribution in [0.25, 0.3) is 0 Å². The summed E-state index contributed by atoms with van der Waals surface area (Å²) in [6, 6.07) is 10.9. The summed E-state index contributed by atoms with van der Waals surface area (Å²) in [6.45, 7) is 7.22. The van der Waals surface area contributed by atoms with Gasteiger partial charge in [0.1, 0.15) is 5.82 Å². The smallest absolute Gasteiger partial charge is 0.135 e. The molecule has 1 aromatic heterocycles. The highest BCUT2D eigenvalue weighted by Gasteiger charge is 2.20. The minimum Gasteiger partial charge on any atom is -0.326 e. The number of aromatic nitrogens is 1. The van der Waals surface area contributed by atoms with Gasteiger partial charge in [-0.15, -0.1) is 0 Å². The van der Waals surface area contributed by atoms with Crippen LogP contribution in [0, 0.1) is 6.92 Å². The number of benzene rings is 1. The van der Waals surface area contributed by atoms with Crippen LogP contribution in [-0.4, -0.2) is 18.1 Å². The van der Waals surface area contributed by atoms with Gasteiger partial charge in [0, 0.05) is 25.0 Å². The third-order valence-electron chi connectivity index (χ3n) is 4.05. The quantitative estimate of drug-likeness (QED) is 0.928. The highest BCUT2D eigenvalue weighted by atomic mass is 15.2. The molecule has 1 aromatic carbocycles. The summed E-state index contributed by atoms with van der Waals surface area (Å²) in [7, 11) is 0. The van der Waals surface area contributed by atoms with Gasteiger partial charge in [-0.05, 0) is 55.1 Å². The first-order valence-corrected chi connectivity index (χ1v) is 7.81. The third-order valence-corrected chi connectivity index (χ3v) is 4.05. The Morgan fingerprint density at radius 1 is 1.29 bits per heavy atom. The lowest BCUT2D eigenvalue weighted by molar-refractivity contribution is 0.721. The largest absolute Gasteiger partial charge is 0.326 e. The van der Waals surface area contributed by atoms with E-state index in [0.717, 1.165) is 25.5 Å². The van der Waals surface area contributed by atoms with E-state index in [9.17, 15) is 0 Å². The maximum Gasteiger partial charge on any atom is 0.135 e. The monoisotopic (exact) mass is 281 g/mol. The Morgan fingerprint density at radius 2 is 2.14 bits per heavy atom. The Morgan fingerprint density at radius 3 is 2.95 bits per heavy atom. The maximum atomic E-state index is 4.74. The zero-order valence-electron chi connectivity index (χ0n) is 12.9. The lowest BCUT2D eigenvalue weighted by Gasteiger charge is -2.31. The predicted octanol–water partition coefficient (Wildman–Crippen LogP) is 3.58. The lowest BCUT2D eigenvalue weighted by Crippen LogP contribution is -2.26. The van der Waals surface area contributed by atoms with Gasteiger partial charge in [-0.25, -0.2) is 4.98 Å². The van der Waals surface area contributed by atoms with Crippen LogP contribution >= 0.6 is 0 Å². The summed E-state index contributed by atoms with van der Waals surface area (Å²) in [6.07, 6.45) is 4.36. The number of aryl methyl sites for hydroxylation is 2. The first kappa shape index (κ1) is 14.1. The van der Waals surface area contributed by atoms with E-state index >= 15 is 0 Å². The molecule has 0 saturated heterocycles. The van der Waals surface area contributed by atoms with E-state index in [0.29, 0.717) is 0 Å². The number of nitrogens with zero attached hydrogens (tertiary/aromatic N) is 2. The Balaban J connectivity index is 1.91. The summed E-state index contributed by atoms with van der Waals surface area (Å²) >= 11 is 0. The SMILES string of the molecule is CCNCc1cnc(N2CCCc3ccccc32)c(C)c1. The molecule has 0 spiro atoms. The molecular weight excluding hydrogens is 258 g/mol. The Hall–Kier alpha value is -1.87. The van der Waals surface area contributed by atoms with Gasteiger partial charge in [-0.1, -0.05) is 25.1 Å². The first-order chi connectivity index (χ1) is 10.3. The molecule has 0 fully saturated rings. The number of para-hydroxylation sites is 1. The number of pyridine rings is 1. The van der Waals surface area contributed by atoms with Gasteiger partial charge in [0.15, 0.2) is 0 Å². The number of hydrogen-bond donors (Lipinski definition) is 1. The van der Waals surface area contributed by atoms with Gasteiger partial charge in [0.05, 0.1) is 0 Å². The van der Waals surface area contributed by atoms with Crippen molar-refractivity contribution < 1.29 is 0 Å². The molecule has 0 amide bonds. The molecule has 1 aliphatic rings. The summed E-state index contributed by atoms with van der Waals surface area (Å²) in [5.41, 5.74) is 5.26. The first-order valence-electron chi connectivity index (χ1n) is 7.81. The Bertz CT molecular complexity index is 622. The molecule has 110 valence electrons. The number of nitrogens with one attached hydrogen (secondary N) is 1. The summed E-state index contributed by atoms with van der Waals surface area (Å²) < 4.78 is 0. The highest BCUT2D eigenvalue weighted by Crippen LogP contribution is 2.33. The van der Waals surface area contributed by atoms with Crippen LogP contribution in [0.4, 0.5) is 11.5 Å². The van der Waals surface area contributed by atoms with Gasteiger partial charge in [-0.2, -0.15) is 0 Å². The average Bonchev–Trinajstić information content (AvgIpc) is 2.53. The van der Waals surface area contributed by atoms with E-state index in [2.05, 4.69) is 54.4 Å². The Labute approximate surface area is 127 Å². The van der Waals surface area contributed by atoms with Crippen molar-refractivity contribution in [3.63, 3.8) is 0 Å². The molecule has 3 heteroatoms. The molecule has 0 unspecified atom stereocenters. The van der Waals surface area contributed by atoms with Crippen LogP contribution in [0.2, 0.25) is 0 Å². The fourth-order valence-corrected chi connectivity index (χ4v) is 3.03. The van der Waals surface area contributed by atoms with Crippen molar-refractivity contribution in [3.8, 4) is 0 Å². The fourth-order valence-electron chi connectivity index (χ4n) is 3.03.